The fraction of sp³-hybridized carbons (Fsp3) is 0.778. The van der Waals surface area contributed by atoms with E-state index in [0.717, 1.165) is 0 Å². The minimum absolute atomic E-state index is 0.0397. The fourth-order valence-electron chi connectivity index (χ4n) is 6.80. The predicted octanol–water partition coefficient (Wildman–Crippen LogP) is 2.78. The summed E-state index contributed by atoms with van der Waals surface area (Å²) >= 11 is 0. The smallest absolute Gasteiger partial charge is 0.330 e. The van der Waals surface area contributed by atoms with Crippen LogP contribution in [0, 0.1) is 23.7 Å². The number of nitrogens with zero attached hydrogens (tertiary/aromatic N) is 1. The molecule has 0 aromatic rings. The van der Waals surface area contributed by atoms with Crippen molar-refractivity contribution in [3.05, 3.63) is 36.5 Å². The Balaban J connectivity index is 1.85. The Bertz CT molecular complexity index is 1110. The molecule has 0 radical (unpaired) electrons. The molecule has 3 rings (SSSR count). The largest absolute Gasteiger partial charge is 0.459 e. The predicted molar refractivity (Wildman–Crippen MR) is 179 cm³/mol. The lowest BCUT2D eigenvalue weighted by Gasteiger charge is -2.43. The standard InChI is InChI=1S/C36H59NO11/c1-10-28-25(19-44-36-34(43-9)32(42)30(40)24(6)46-36)13-11-12-14-27(38)21(3)17-22(4)33(20(2)15-16-29(39)47-28)48-35-31(41)26(37(7)8)18-23(5)45-35/h11-16,20-26,28,30-36,40-42H,10,17-19H2,1-9H3/b13-11+,14-12+,16-15+/t20-,21-,22-,23-,24-,25-,26+,28+,30-,31-,32-,33-,34-,35+,36-/m1/s1. The molecular formula is C36H59NO11. The molecule has 12 nitrogen and oxygen atoms in total. The van der Waals surface area contributed by atoms with E-state index in [1.54, 1.807) is 25.2 Å². The average molecular weight is 682 g/mol. The molecule has 0 bridgehead atoms. The van der Waals surface area contributed by atoms with Gasteiger partial charge in [-0.1, -0.05) is 52.0 Å². The number of carbonyl (C=O) groups is 2. The van der Waals surface area contributed by atoms with Gasteiger partial charge in [0.05, 0.1) is 24.9 Å². The molecule has 274 valence electrons. The quantitative estimate of drug-likeness (QED) is 0.323. The molecule has 3 aliphatic heterocycles. The van der Waals surface area contributed by atoms with Crippen LogP contribution in [0.15, 0.2) is 36.5 Å². The zero-order chi connectivity index (χ0) is 35.7. The molecule has 2 saturated heterocycles. The minimum atomic E-state index is -1.21. The van der Waals surface area contributed by atoms with Crippen molar-refractivity contribution >= 4 is 11.8 Å². The number of aliphatic hydroxyl groups excluding tert-OH is 3. The zero-order valence-electron chi connectivity index (χ0n) is 30.0. The maximum Gasteiger partial charge on any atom is 0.330 e. The van der Waals surface area contributed by atoms with Crippen molar-refractivity contribution in [2.75, 3.05) is 27.8 Å². The van der Waals surface area contributed by atoms with Gasteiger partial charge in [-0.15, -0.1) is 0 Å². The van der Waals surface area contributed by atoms with Gasteiger partial charge in [-0.3, -0.25) is 4.79 Å². The first kappa shape index (κ1) is 40.4. The van der Waals surface area contributed by atoms with Crippen LogP contribution >= 0.6 is 0 Å². The van der Waals surface area contributed by atoms with E-state index >= 15 is 0 Å². The van der Waals surface area contributed by atoms with E-state index in [9.17, 15) is 24.9 Å². The van der Waals surface area contributed by atoms with Gasteiger partial charge in [-0.2, -0.15) is 0 Å². The number of carbonyl (C=O) groups excluding carboxylic acids is 2. The number of cyclic esters (lactones) is 1. The van der Waals surface area contributed by atoms with Crippen molar-refractivity contribution in [2.24, 2.45) is 23.7 Å². The first-order valence-electron chi connectivity index (χ1n) is 17.3. The van der Waals surface area contributed by atoms with Gasteiger partial charge in [-0.05, 0) is 59.2 Å². The lowest BCUT2D eigenvalue weighted by molar-refractivity contribution is -0.300. The van der Waals surface area contributed by atoms with Crippen LogP contribution in [0.25, 0.3) is 0 Å². The summed E-state index contributed by atoms with van der Waals surface area (Å²) in [6, 6.07) is -0.146. The fourth-order valence-corrected chi connectivity index (χ4v) is 6.80. The van der Waals surface area contributed by atoms with E-state index in [1.165, 1.54) is 19.3 Å². The Hall–Kier alpha value is -2.00. The molecular weight excluding hydrogens is 622 g/mol. The van der Waals surface area contributed by atoms with Gasteiger partial charge in [0.2, 0.25) is 0 Å². The highest BCUT2D eigenvalue weighted by Crippen LogP contribution is 2.32. The number of allylic oxidation sites excluding steroid dienone is 3. The van der Waals surface area contributed by atoms with Gasteiger partial charge in [0.1, 0.15) is 30.5 Å². The molecule has 0 aromatic carbocycles. The lowest BCUT2D eigenvalue weighted by Crippen LogP contribution is -2.58. The van der Waals surface area contributed by atoms with Gasteiger partial charge in [-0.25, -0.2) is 4.79 Å². The van der Waals surface area contributed by atoms with E-state index in [2.05, 4.69) is 0 Å². The van der Waals surface area contributed by atoms with Crippen LogP contribution in [0.4, 0.5) is 0 Å². The van der Waals surface area contributed by atoms with E-state index < -0.39 is 67.2 Å². The Labute approximate surface area is 286 Å². The Morgan fingerprint density at radius 1 is 0.875 bits per heavy atom. The van der Waals surface area contributed by atoms with E-state index in [1.807, 2.05) is 59.7 Å². The van der Waals surface area contributed by atoms with Crippen molar-refractivity contribution in [3.8, 4) is 0 Å². The second-order valence-electron chi connectivity index (χ2n) is 13.9. The number of ketones is 1. The second kappa shape index (κ2) is 18.8. The summed E-state index contributed by atoms with van der Waals surface area (Å²) in [4.78, 5) is 28.3. The Kier molecular flexibility index (Phi) is 15.9. The first-order chi connectivity index (χ1) is 22.7. The molecule has 0 unspecified atom stereocenters. The van der Waals surface area contributed by atoms with Crippen LogP contribution in [-0.4, -0.2) is 127 Å². The summed E-state index contributed by atoms with van der Waals surface area (Å²) < 4.78 is 35.7. The van der Waals surface area contributed by atoms with Crippen LogP contribution < -0.4 is 0 Å². The number of esters is 1. The third-order valence-corrected chi connectivity index (χ3v) is 9.78. The molecule has 15 atom stereocenters. The third kappa shape index (κ3) is 10.7. The molecule has 0 saturated carbocycles. The molecule has 0 spiro atoms. The molecule has 3 heterocycles. The van der Waals surface area contributed by atoms with Crippen molar-refractivity contribution in [2.45, 2.75) is 128 Å². The SMILES string of the molecule is CC[C@@H]1OC(=O)/C=C/[C@@H](C)[C@@H](O[C@@H]2O[C@H](C)C[C@H](N(C)C)[C@H]2O)[C@H](C)C[C@@H](C)C(=O)/C=C/C=C/[C@@H]1CO[C@@H]1O[C@H](C)[C@@H](O)[C@@H](O)[C@H]1OC. The van der Waals surface area contributed by atoms with Crippen molar-refractivity contribution < 1.29 is 53.3 Å². The summed E-state index contributed by atoms with van der Waals surface area (Å²) in [6.45, 7) is 11.4. The van der Waals surface area contributed by atoms with Crippen LogP contribution in [-0.2, 0) is 38.0 Å². The highest BCUT2D eigenvalue weighted by Gasteiger charge is 2.44. The van der Waals surface area contributed by atoms with Crippen LogP contribution in [0.3, 0.4) is 0 Å². The summed E-state index contributed by atoms with van der Waals surface area (Å²) in [5.74, 6) is -1.73. The number of ether oxygens (including phenoxy) is 6. The van der Waals surface area contributed by atoms with Gasteiger partial charge in [0.15, 0.2) is 18.4 Å². The van der Waals surface area contributed by atoms with Gasteiger partial charge in [0.25, 0.3) is 0 Å². The van der Waals surface area contributed by atoms with Crippen molar-refractivity contribution in [1.29, 1.82) is 0 Å². The number of hydrogen-bond donors (Lipinski definition) is 3. The molecule has 0 aromatic heterocycles. The molecule has 0 amide bonds. The van der Waals surface area contributed by atoms with E-state index in [-0.39, 0.29) is 42.3 Å². The minimum Gasteiger partial charge on any atom is -0.459 e. The summed E-state index contributed by atoms with van der Waals surface area (Å²) in [6.07, 6.45) is 3.67. The maximum atomic E-state index is 13.2. The number of aliphatic hydroxyl groups is 3. The van der Waals surface area contributed by atoms with Crippen LogP contribution in [0.5, 0.6) is 0 Å². The lowest BCUT2D eigenvalue weighted by atomic mass is 9.84. The molecule has 3 N–H and O–H groups in total. The normalized spacial score (nSPS) is 44.2. The van der Waals surface area contributed by atoms with Gasteiger partial charge < -0.3 is 48.6 Å². The number of likely N-dealkylation sites (N-methyl/N-ethyl adjacent to an activating group) is 1. The number of rotatable bonds is 8. The van der Waals surface area contributed by atoms with Crippen molar-refractivity contribution in [3.63, 3.8) is 0 Å². The molecule has 48 heavy (non-hydrogen) atoms. The number of methoxy groups -OCH3 is 1. The molecule has 2 fully saturated rings. The van der Waals surface area contributed by atoms with Crippen LogP contribution in [0.1, 0.15) is 60.8 Å². The molecule has 12 heteroatoms. The second-order valence-corrected chi connectivity index (χ2v) is 13.9. The van der Waals surface area contributed by atoms with Gasteiger partial charge in [0, 0.05) is 37.0 Å². The maximum absolute atomic E-state index is 13.2. The highest BCUT2D eigenvalue weighted by molar-refractivity contribution is 5.91. The summed E-state index contributed by atoms with van der Waals surface area (Å²) in [5, 5.41) is 31.9. The van der Waals surface area contributed by atoms with Gasteiger partial charge >= 0.3 is 5.97 Å². The van der Waals surface area contributed by atoms with E-state index in [0.29, 0.717) is 19.3 Å². The monoisotopic (exact) mass is 681 g/mol. The van der Waals surface area contributed by atoms with Crippen molar-refractivity contribution in [1.82, 2.24) is 4.90 Å². The Morgan fingerprint density at radius 2 is 1.58 bits per heavy atom. The molecule has 3 aliphatic rings. The zero-order valence-corrected chi connectivity index (χ0v) is 30.0. The average Bonchev–Trinajstić information content (AvgIpc) is 3.04. The molecule has 0 aliphatic carbocycles. The third-order valence-electron chi connectivity index (χ3n) is 9.78. The van der Waals surface area contributed by atoms with Crippen LogP contribution in [0.2, 0.25) is 0 Å². The Morgan fingerprint density at radius 3 is 2.23 bits per heavy atom. The van der Waals surface area contributed by atoms with E-state index in [4.69, 9.17) is 28.4 Å². The topological polar surface area (TPSA) is 153 Å². The highest BCUT2D eigenvalue weighted by atomic mass is 16.7. The number of hydrogen-bond acceptors (Lipinski definition) is 12. The summed E-state index contributed by atoms with van der Waals surface area (Å²) in [7, 11) is 5.24. The summed E-state index contributed by atoms with van der Waals surface area (Å²) in [5.41, 5.74) is 0. The first-order valence-corrected chi connectivity index (χ1v) is 17.3.